The number of allylic oxidation sites excluding steroid dienone is 1. The molecule has 0 nitrogen and oxygen atoms in total. The van der Waals surface area contributed by atoms with E-state index in [1.54, 1.807) is 0 Å². The summed E-state index contributed by atoms with van der Waals surface area (Å²) < 4.78 is 2.33. The molecule has 13 heavy (non-hydrogen) atoms. The van der Waals surface area contributed by atoms with Gasteiger partial charge in [0.1, 0.15) is 0 Å². The molecule has 0 aromatic carbocycles. The van der Waals surface area contributed by atoms with Gasteiger partial charge < -0.3 is 0 Å². The molecule has 0 rings (SSSR count). The van der Waals surface area contributed by atoms with Gasteiger partial charge in [-0.3, -0.25) is 12.9 Å². The van der Waals surface area contributed by atoms with Crippen LogP contribution in [0.3, 0.4) is 0 Å². The zero-order chi connectivity index (χ0) is 9.78. The quantitative estimate of drug-likeness (QED) is 0.416. The monoisotopic (exact) mass is 256 g/mol. The molecule has 0 aliphatic heterocycles. The fraction of sp³-hybridized carbons (Fsp3) is 0.818. The van der Waals surface area contributed by atoms with Gasteiger partial charge in [-0.15, -0.1) is 6.08 Å². The Hall–Kier alpha value is 0.986. The molecule has 0 unspecified atom stereocenters. The van der Waals surface area contributed by atoms with Gasteiger partial charge in [0.2, 0.25) is 0 Å². The van der Waals surface area contributed by atoms with Gasteiger partial charge in [-0.2, -0.15) is 4.21 Å². The van der Waals surface area contributed by atoms with Crippen LogP contribution in [0.5, 0.6) is 0 Å². The fourth-order valence-corrected chi connectivity index (χ4v) is 2.55. The van der Waals surface area contributed by atoms with Crippen molar-refractivity contribution < 1.29 is 0 Å². The Bertz CT molecular complexity index is 113. The van der Waals surface area contributed by atoms with Crippen LogP contribution in [0.4, 0.5) is 0 Å². The minimum absolute atomic E-state index is 0.00485. The van der Waals surface area contributed by atoms with Crippen LogP contribution in [-0.2, 0) is 0 Å². The Labute approximate surface area is 99.2 Å². The third kappa shape index (κ3) is 13.0. The van der Waals surface area contributed by atoms with E-state index in [1.807, 2.05) is 0 Å². The first kappa shape index (κ1) is 14.0. The molecular formula is C11H21BrMg. The van der Waals surface area contributed by atoms with Crippen LogP contribution in [-0.4, -0.2) is 18.2 Å². The van der Waals surface area contributed by atoms with Gasteiger partial charge in [-0.1, -0.05) is 45.4 Å². The molecule has 0 amide bonds. The maximum absolute atomic E-state index is 3.51. The van der Waals surface area contributed by atoms with E-state index in [-0.39, 0.29) is 18.2 Å². The molecular weight excluding hydrogens is 236 g/mol. The SMILES string of the molecule is CCCCCCCCCC=[CH][Mg][Br]. The molecule has 0 atom stereocenters. The molecule has 0 aromatic heterocycles. The molecule has 0 aliphatic rings. The Morgan fingerprint density at radius 3 is 2.23 bits per heavy atom. The van der Waals surface area contributed by atoms with Gasteiger partial charge in [0.05, 0.1) is 0 Å². The van der Waals surface area contributed by atoms with Gasteiger partial charge in [0.15, 0.2) is 0 Å². The normalized spacial score (nSPS) is 10.6. The standard InChI is InChI=1S/C11H21.BrH.Mg/c1-3-5-7-9-11-10-8-6-4-2;;/h1,3H,4-11H2,2H3;1H;/q;;+1/p-1. The van der Waals surface area contributed by atoms with Crippen LogP contribution in [0.1, 0.15) is 58.3 Å². The first-order valence-corrected chi connectivity index (χ1v) is 10.3. The second-order valence-corrected chi connectivity index (χ2v) is 6.26. The summed E-state index contributed by atoms with van der Waals surface area (Å²) in [6.45, 7) is 2.27. The van der Waals surface area contributed by atoms with Crippen LogP contribution >= 0.6 is 12.9 Å². The predicted octanol–water partition coefficient (Wildman–Crippen LogP) is 4.65. The summed E-state index contributed by atoms with van der Waals surface area (Å²) in [4.78, 5) is 0. The third-order valence-corrected chi connectivity index (χ3v) is 3.86. The van der Waals surface area contributed by atoms with Crippen LogP contribution in [0, 0.1) is 0 Å². The maximum Gasteiger partial charge on any atom is 0.498 e. The first-order valence-electron chi connectivity index (χ1n) is 5.62. The summed E-state index contributed by atoms with van der Waals surface area (Å²) in [6.07, 6.45) is 13.6. The molecule has 0 bridgehead atoms. The Morgan fingerprint density at radius 1 is 1.00 bits per heavy atom. The summed E-state index contributed by atoms with van der Waals surface area (Å²) in [5, 5.41) is 0. The largest absolute Gasteiger partial charge is 0.498 e. The number of hydrogen-bond acceptors (Lipinski definition) is 0. The third-order valence-electron chi connectivity index (χ3n) is 2.23. The number of rotatable bonds is 9. The lowest BCUT2D eigenvalue weighted by Crippen LogP contribution is -1.79. The Morgan fingerprint density at radius 2 is 1.62 bits per heavy atom. The summed E-state index contributed by atoms with van der Waals surface area (Å²) in [5.74, 6) is 0. The van der Waals surface area contributed by atoms with Gasteiger partial charge in [-0.05, 0) is 12.8 Å². The molecule has 0 saturated heterocycles. The lowest BCUT2D eigenvalue weighted by atomic mass is 10.1. The Balaban J connectivity index is 2.87. The van der Waals surface area contributed by atoms with Gasteiger partial charge in [0, 0.05) is 0 Å². The zero-order valence-electron chi connectivity index (χ0n) is 8.90. The topological polar surface area (TPSA) is 0 Å². The first-order chi connectivity index (χ1) is 6.41. The van der Waals surface area contributed by atoms with Crippen molar-refractivity contribution in [2.45, 2.75) is 58.3 Å². The molecule has 0 fully saturated rings. The highest BCUT2D eigenvalue weighted by Gasteiger charge is 1.89. The predicted molar refractivity (Wildman–Crippen MR) is 66.4 cm³/mol. The highest BCUT2D eigenvalue weighted by Crippen LogP contribution is 2.08. The van der Waals surface area contributed by atoms with Crippen molar-refractivity contribution in [2.75, 3.05) is 0 Å². The summed E-state index contributed by atoms with van der Waals surface area (Å²) in [7, 11) is 0. The van der Waals surface area contributed by atoms with E-state index in [9.17, 15) is 0 Å². The summed E-state index contributed by atoms with van der Waals surface area (Å²) in [5.41, 5.74) is 0. The number of halogens is 1. The lowest BCUT2D eigenvalue weighted by Gasteiger charge is -1.98. The minimum Gasteiger partial charge on any atom is -0.297 e. The molecule has 0 radical (unpaired) electrons. The fourth-order valence-electron chi connectivity index (χ4n) is 1.40. The van der Waals surface area contributed by atoms with Crippen molar-refractivity contribution in [1.29, 1.82) is 0 Å². The molecule has 0 aromatic rings. The van der Waals surface area contributed by atoms with Crippen molar-refractivity contribution >= 4 is 31.1 Å². The van der Waals surface area contributed by atoms with E-state index in [1.165, 1.54) is 51.4 Å². The zero-order valence-corrected chi connectivity index (χ0v) is 11.9. The van der Waals surface area contributed by atoms with Gasteiger partial charge >= 0.3 is 18.2 Å². The maximum atomic E-state index is 3.51. The molecule has 0 spiro atoms. The van der Waals surface area contributed by atoms with Crippen molar-refractivity contribution in [3.05, 3.63) is 10.3 Å². The molecule has 0 N–H and O–H groups in total. The lowest BCUT2D eigenvalue weighted by molar-refractivity contribution is 0.592. The van der Waals surface area contributed by atoms with Crippen molar-refractivity contribution in [3.8, 4) is 0 Å². The van der Waals surface area contributed by atoms with Crippen molar-refractivity contribution in [3.63, 3.8) is 0 Å². The molecule has 0 aliphatic carbocycles. The van der Waals surface area contributed by atoms with E-state index in [0.717, 1.165) is 0 Å². The van der Waals surface area contributed by atoms with E-state index < -0.39 is 0 Å². The number of hydrogen-bond donors (Lipinski definition) is 0. The summed E-state index contributed by atoms with van der Waals surface area (Å²) in [6, 6.07) is 0. The minimum atomic E-state index is -0.00485. The highest BCUT2D eigenvalue weighted by molar-refractivity contribution is 9.23. The molecule has 2 heteroatoms. The molecule has 74 valence electrons. The van der Waals surface area contributed by atoms with E-state index in [2.05, 4.69) is 30.1 Å². The van der Waals surface area contributed by atoms with Crippen LogP contribution in [0.25, 0.3) is 0 Å². The smallest absolute Gasteiger partial charge is 0.297 e. The van der Waals surface area contributed by atoms with Crippen LogP contribution in [0.2, 0.25) is 0 Å². The average molecular weight is 257 g/mol. The summed E-state index contributed by atoms with van der Waals surface area (Å²) >= 11 is 3.51. The highest BCUT2D eigenvalue weighted by atomic mass is 79.9. The van der Waals surface area contributed by atoms with Crippen LogP contribution < -0.4 is 0 Å². The van der Waals surface area contributed by atoms with E-state index >= 15 is 0 Å². The van der Waals surface area contributed by atoms with Crippen molar-refractivity contribution in [2.24, 2.45) is 0 Å². The van der Waals surface area contributed by atoms with Crippen LogP contribution in [0.15, 0.2) is 10.3 Å². The average Bonchev–Trinajstić information content (AvgIpc) is 2.16. The second kappa shape index (κ2) is 13.0. The van der Waals surface area contributed by atoms with Crippen molar-refractivity contribution in [1.82, 2.24) is 0 Å². The second-order valence-electron chi connectivity index (χ2n) is 3.54. The van der Waals surface area contributed by atoms with Gasteiger partial charge in [-0.25, -0.2) is 0 Å². The van der Waals surface area contributed by atoms with Gasteiger partial charge in [0.25, 0.3) is 0 Å². The molecule has 0 saturated carbocycles. The van der Waals surface area contributed by atoms with E-state index in [4.69, 9.17) is 0 Å². The number of unbranched alkanes of at least 4 members (excludes halogenated alkanes) is 7. The Kier molecular flexibility index (Phi) is 14.0. The van der Waals surface area contributed by atoms with E-state index in [0.29, 0.717) is 0 Å². The molecule has 0 heterocycles.